The minimum atomic E-state index is -0.725. The first kappa shape index (κ1) is 12.4. The summed E-state index contributed by atoms with van der Waals surface area (Å²) in [5.74, 6) is 0.323. The molecule has 0 spiro atoms. The highest BCUT2D eigenvalue weighted by molar-refractivity contribution is 6.30. The summed E-state index contributed by atoms with van der Waals surface area (Å²) in [6, 6.07) is 7.26. The van der Waals surface area contributed by atoms with Crippen LogP contribution in [0.3, 0.4) is 0 Å². The van der Waals surface area contributed by atoms with Gasteiger partial charge in [0.1, 0.15) is 0 Å². The van der Waals surface area contributed by atoms with E-state index in [2.05, 4.69) is 13.8 Å². The van der Waals surface area contributed by atoms with Gasteiger partial charge in [-0.15, -0.1) is 0 Å². The van der Waals surface area contributed by atoms with Gasteiger partial charge in [0.2, 0.25) is 0 Å². The van der Waals surface area contributed by atoms with E-state index in [0.717, 1.165) is 18.4 Å². The predicted octanol–water partition coefficient (Wildman–Crippen LogP) is 3.73. The lowest BCUT2D eigenvalue weighted by atomic mass is 9.56. The first-order chi connectivity index (χ1) is 7.95. The predicted molar refractivity (Wildman–Crippen MR) is 68.3 cm³/mol. The molecule has 0 atom stereocenters. The van der Waals surface area contributed by atoms with Crippen molar-refractivity contribution in [3.05, 3.63) is 34.9 Å². The zero-order valence-corrected chi connectivity index (χ0v) is 10.9. The lowest BCUT2D eigenvalue weighted by molar-refractivity contribution is -0.150. The summed E-state index contributed by atoms with van der Waals surface area (Å²) < 4.78 is 0. The van der Waals surface area contributed by atoms with Gasteiger partial charge >= 0.3 is 5.97 Å². The van der Waals surface area contributed by atoms with Gasteiger partial charge in [0.25, 0.3) is 0 Å². The van der Waals surface area contributed by atoms with Gasteiger partial charge in [-0.25, -0.2) is 0 Å². The maximum absolute atomic E-state index is 11.5. The maximum Gasteiger partial charge on any atom is 0.314 e. The summed E-state index contributed by atoms with van der Waals surface area (Å²) in [6.45, 7) is 4.29. The molecule has 0 heterocycles. The van der Waals surface area contributed by atoms with Crippen molar-refractivity contribution in [1.82, 2.24) is 0 Å². The van der Waals surface area contributed by atoms with E-state index in [1.807, 2.05) is 12.1 Å². The molecule has 1 N–H and O–H groups in total. The Balaban J connectivity index is 2.30. The van der Waals surface area contributed by atoms with Crippen molar-refractivity contribution >= 4 is 17.6 Å². The van der Waals surface area contributed by atoms with Gasteiger partial charge < -0.3 is 5.11 Å². The standard InChI is InChI=1S/C14H17ClO2/c1-9(2)10-7-14(8-10,13(16)17)11-4-3-5-12(15)6-11/h3-6,9-10H,7-8H2,1-2H3,(H,16,17). The highest BCUT2D eigenvalue weighted by Gasteiger charge is 2.52. The van der Waals surface area contributed by atoms with Crippen molar-refractivity contribution in [3.63, 3.8) is 0 Å². The number of halogens is 1. The topological polar surface area (TPSA) is 37.3 Å². The Hall–Kier alpha value is -1.02. The molecular weight excluding hydrogens is 236 g/mol. The van der Waals surface area contributed by atoms with E-state index in [-0.39, 0.29) is 0 Å². The molecule has 1 saturated carbocycles. The molecule has 1 aromatic rings. The molecule has 3 heteroatoms. The highest BCUT2D eigenvalue weighted by atomic mass is 35.5. The van der Waals surface area contributed by atoms with Gasteiger partial charge in [-0.1, -0.05) is 37.6 Å². The second kappa shape index (κ2) is 4.34. The quantitative estimate of drug-likeness (QED) is 0.890. The number of carbonyl (C=O) groups is 1. The van der Waals surface area contributed by atoms with E-state index in [4.69, 9.17) is 11.6 Å². The van der Waals surface area contributed by atoms with Crippen LogP contribution in [-0.4, -0.2) is 11.1 Å². The number of carboxylic acid groups (broad SMARTS) is 1. The number of carboxylic acids is 1. The third kappa shape index (κ3) is 2.06. The fourth-order valence-corrected chi connectivity index (χ4v) is 2.82. The molecule has 1 aromatic carbocycles. The molecule has 2 rings (SSSR count). The van der Waals surface area contributed by atoms with E-state index < -0.39 is 11.4 Å². The molecule has 1 aliphatic rings. The van der Waals surface area contributed by atoms with Crippen LogP contribution < -0.4 is 0 Å². The van der Waals surface area contributed by atoms with E-state index in [1.165, 1.54) is 0 Å². The lowest BCUT2D eigenvalue weighted by Crippen LogP contribution is -2.49. The first-order valence-corrected chi connectivity index (χ1v) is 6.33. The van der Waals surface area contributed by atoms with Crippen LogP contribution in [0.2, 0.25) is 5.02 Å². The molecule has 92 valence electrons. The largest absolute Gasteiger partial charge is 0.481 e. The van der Waals surface area contributed by atoms with Gasteiger partial charge in [0.15, 0.2) is 0 Å². The fraction of sp³-hybridized carbons (Fsp3) is 0.500. The Morgan fingerprint density at radius 2 is 2.12 bits per heavy atom. The van der Waals surface area contributed by atoms with Gasteiger partial charge in [-0.2, -0.15) is 0 Å². The van der Waals surface area contributed by atoms with Crippen molar-refractivity contribution in [2.45, 2.75) is 32.1 Å². The number of hydrogen-bond acceptors (Lipinski definition) is 1. The minimum absolute atomic E-state index is 0.505. The van der Waals surface area contributed by atoms with E-state index >= 15 is 0 Å². The van der Waals surface area contributed by atoms with Crippen molar-refractivity contribution in [2.24, 2.45) is 11.8 Å². The number of benzene rings is 1. The molecule has 0 unspecified atom stereocenters. The van der Waals surface area contributed by atoms with Crippen molar-refractivity contribution in [1.29, 1.82) is 0 Å². The lowest BCUT2D eigenvalue weighted by Gasteiger charge is -2.46. The number of hydrogen-bond donors (Lipinski definition) is 1. The Morgan fingerprint density at radius 3 is 2.59 bits per heavy atom. The molecular formula is C14H17ClO2. The molecule has 1 fully saturated rings. The fourth-order valence-electron chi connectivity index (χ4n) is 2.63. The Labute approximate surface area is 107 Å². The summed E-state index contributed by atoms with van der Waals surface area (Å²) in [5.41, 5.74) is 0.134. The second-order valence-electron chi connectivity index (χ2n) is 5.31. The molecule has 0 saturated heterocycles. The second-order valence-corrected chi connectivity index (χ2v) is 5.75. The van der Waals surface area contributed by atoms with Gasteiger partial charge in [0, 0.05) is 5.02 Å². The van der Waals surface area contributed by atoms with Crippen LogP contribution in [0, 0.1) is 11.8 Å². The Bertz CT molecular complexity index is 434. The van der Waals surface area contributed by atoms with Crippen LogP contribution in [0.1, 0.15) is 32.3 Å². The maximum atomic E-state index is 11.5. The molecule has 2 nitrogen and oxygen atoms in total. The molecule has 0 radical (unpaired) electrons. The third-order valence-corrected chi connectivity index (χ3v) is 4.19. The summed E-state index contributed by atoms with van der Waals surface area (Å²) in [4.78, 5) is 11.5. The van der Waals surface area contributed by atoms with Crippen LogP contribution in [-0.2, 0) is 10.2 Å². The SMILES string of the molecule is CC(C)C1CC(C(=O)O)(c2cccc(Cl)c2)C1. The average molecular weight is 253 g/mol. The summed E-state index contributed by atoms with van der Waals surface area (Å²) in [6.07, 6.45) is 1.45. The van der Waals surface area contributed by atoms with Crippen LogP contribution in [0.25, 0.3) is 0 Å². The summed E-state index contributed by atoms with van der Waals surface area (Å²) in [7, 11) is 0. The smallest absolute Gasteiger partial charge is 0.314 e. The third-order valence-electron chi connectivity index (χ3n) is 3.95. The van der Waals surface area contributed by atoms with Crippen LogP contribution in [0.5, 0.6) is 0 Å². The zero-order valence-electron chi connectivity index (χ0n) is 10.1. The van der Waals surface area contributed by atoms with Gasteiger partial charge in [-0.3, -0.25) is 4.79 Å². The van der Waals surface area contributed by atoms with Crippen molar-refractivity contribution < 1.29 is 9.90 Å². The molecule has 0 aromatic heterocycles. The van der Waals surface area contributed by atoms with Crippen molar-refractivity contribution in [2.75, 3.05) is 0 Å². The number of rotatable bonds is 3. The zero-order chi connectivity index (χ0) is 12.6. The Kier molecular flexibility index (Phi) is 3.17. The van der Waals surface area contributed by atoms with Crippen LogP contribution in [0.4, 0.5) is 0 Å². The van der Waals surface area contributed by atoms with Crippen molar-refractivity contribution in [3.8, 4) is 0 Å². The average Bonchev–Trinajstić information content (AvgIpc) is 2.14. The molecule has 0 bridgehead atoms. The minimum Gasteiger partial charge on any atom is -0.481 e. The summed E-state index contributed by atoms with van der Waals surface area (Å²) >= 11 is 5.94. The molecule has 1 aliphatic carbocycles. The normalized spacial score (nSPS) is 27.9. The van der Waals surface area contributed by atoms with Gasteiger partial charge in [-0.05, 0) is 42.4 Å². The van der Waals surface area contributed by atoms with E-state index in [0.29, 0.717) is 16.9 Å². The molecule has 0 aliphatic heterocycles. The van der Waals surface area contributed by atoms with Gasteiger partial charge in [0.05, 0.1) is 5.41 Å². The van der Waals surface area contributed by atoms with Crippen LogP contribution in [0.15, 0.2) is 24.3 Å². The Morgan fingerprint density at radius 1 is 1.47 bits per heavy atom. The molecule has 17 heavy (non-hydrogen) atoms. The molecule has 0 amide bonds. The number of aliphatic carboxylic acids is 1. The monoisotopic (exact) mass is 252 g/mol. The highest BCUT2D eigenvalue weighted by Crippen LogP contribution is 2.51. The summed E-state index contributed by atoms with van der Waals surface area (Å²) in [5, 5.41) is 10.1. The first-order valence-electron chi connectivity index (χ1n) is 5.95. The van der Waals surface area contributed by atoms with E-state index in [1.54, 1.807) is 12.1 Å². The van der Waals surface area contributed by atoms with E-state index in [9.17, 15) is 9.90 Å². The van der Waals surface area contributed by atoms with Crippen LogP contribution >= 0.6 is 11.6 Å².